The van der Waals surface area contributed by atoms with Crippen molar-refractivity contribution in [3.8, 4) is 0 Å². The minimum Gasteiger partial charge on any atom is -0.324 e. The molecule has 1 amide bonds. The number of benzene rings is 2. The van der Waals surface area contributed by atoms with Crippen LogP contribution in [0.3, 0.4) is 0 Å². The zero-order chi connectivity index (χ0) is 17.1. The van der Waals surface area contributed by atoms with Crippen LogP contribution in [0.1, 0.15) is 30.0 Å². The number of halogens is 2. The molecule has 0 aliphatic carbocycles. The SMILES string of the molecule is Cc1cccc(NC(=O)[C@H](c2ccc(Cl)cc2Cl)N2CCCC2)c1. The van der Waals surface area contributed by atoms with E-state index in [0.29, 0.717) is 10.0 Å². The third kappa shape index (κ3) is 3.92. The largest absolute Gasteiger partial charge is 0.324 e. The molecule has 126 valence electrons. The Hall–Kier alpha value is -1.55. The normalized spacial score (nSPS) is 16.1. The quantitative estimate of drug-likeness (QED) is 0.822. The van der Waals surface area contributed by atoms with Crippen molar-refractivity contribution >= 4 is 34.8 Å². The molecule has 1 N–H and O–H groups in total. The van der Waals surface area contributed by atoms with Crippen LogP contribution in [0.5, 0.6) is 0 Å². The first-order valence-corrected chi connectivity index (χ1v) is 8.87. The molecular formula is C19H20Cl2N2O. The van der Waals surface area contributed by atoms with E-state index in [9.17, 15) is 4.79 Å². The molecule has 1 aliphatic rings. The van der Waals surface area contributed by atoms with E-state index in [1.807, 2.05) is 37.3 Å². The van der Waals surface area contributed by atoms with Crippen LogP contribution in [-0.4, -0.2) is 23.9 Å². The van der Waals surface area contributed by atoms with Gasteiger partial charge in [0.15, 0.2) is 0 Å². The van der Waals surface area contributed by atoms with Gasteiger partial charge in [-0.1, -0.05) is 41.4 Å². The summed E-state index contributed by atoms with van der Waals surface area (Å²) in [5, 5.41) is 4.13. The molecular weight excluding hydrogens is 343 g/mol. The van der Waals surface area contributed by atoms with E-state index in [1.54, 1.807) is 12.1 Å². The molecule has 5 heteroatoms. The van der Waals surface area contributed by atoms with E-state index >= 15 is 0 Å². The predicted octanol–water partition coefficient (Wildman–Crippen LogP) is 5.08. The van der Waals surface area contributed by atoms with Crippen LogP contribution in [0, 0.1) is 6.92 Å². The van der Waals surface area contributed by atoms with Crippen molar-refractivity contribution in [1.82, 2.24) is 4.90 Å². The van der Waals surface area contributed by atoms with Gasteiger partial charge in [-0.3, -0.25) is 9.69 Å². The number of rotatable bonds is 4. The third-order valence-electron chi connectivity index (χ3n) is 4.30. The summed E-state index contributed by atoms with van der Waals surface area (Å²) in [5.41, 5.74) is 2.71. The van der Waals surface area contributed by atoms with Gasteiger partial charge in [0.25, 0.3) is 0 Å². The van der Waals surface area contributed by atoms with Crippen molar-refractivity contribution in [2.75, 3.05) is 18.4 Å². The Kier molecular flexibility index (Phi) is 5.44. The Morgan fingerprint density at radius 3 is 2.54 bits per heavy atom. The highest BCUT2D eigenvalue weighted by Gasteiger charge is 2.31. The van der Waals surface area contributed by atoms with Crippen molar-refractivity contribution in [3.63, 3.8) is 0 Å². The van der Waals surface area contributed by atoms with Gasteiger partial charge in [-0.2, -0.15) is 0 Å². The molecule has 24 heavy (non-hydrogen) atoms. The maximum Gasteiger partial charge on any atom is 0.246 e. The fourth-order valence-corrected chi connectivity index (χ4v) is 3.67. The molecule has 3 rings (SSSR count). The summed E-state index contributed by atoms with van der Waals surface area (Å²) in [6.07, 6.45) is 2.19. The van der Waals surface area contributed by atoms with Gasteiger partial charge in [0.1, 0.15) is 6.04 Å². The van der Waals surface area contributed by atoms with Gasteiger partial charge in [-0.15, -0.1) is 0 Å². The highest BCUT2D eigenvalue weighted by atomic mass is 35.5. The second kappa shape index (κ2) is 7.56. The van der Waals surface area contributed by atoms with Crippen molar-refractivity contribution in [2.24, 2.45) is 0 Å². The number of carbonyl (C=O) groups excluding carboxylic acids is 1. The highest BCUT2D eigenvalue weighted by molar-refractivity contribution is 6.35. The zero-order valence-corrected chi connectivity index (χ0v) is 15.1. The van der Waals surface area contributed by atoms with Crippen LogP contribution in [0.15, 0.2) is 42.5 Å². The maximum absolute atomic E-state index is 13.0. The average molecular weight is 363 g/mol. The molecule has 0 radical (unpaired) electrons. The fraction of sp³-hybridized carbons (Fsp3) is 0.316. The number of hydrogen-bond acceptors (Lipinski definition) is 2. The molecule has 2 aromatic carbocycles. The topological polar surface area (TPSA) is 32.3 Å². The Morgan fingerprint density at radius 2 is 1.88 bits per heavy atom. The van der Waals surface area contributed by atoms with E-state index in [4.69, 9.17) is 23.2 Å². The summed E-state index contributed by atoms with van der Waals surface area (Å²) in [6, 6.07) is 12.7. The molecule has 0 spiro atoms. The van der Waals surface area contributed by atoms with Gasteiger partial charge in [0, 0.05) is 15.7 Å². The van der Waals surface area contributed by atoms with Crippen LogP contribution in [0.25, 0.3) is 0 Å². The average Bonchev–Trinajstić information content (AvgIpc) is 3.04. The molecule has 0 unspecified atom stereocenters. The van der Waals surface area contributed by atoms with Gasteiger partial charge < -0.3 is 5.32 Å². The predicted molar refractivity (Wildman–Crippen MR) is 99.8 cm³/mol. The van der Waals surface area contributed by atoms with Crippen molar-refractivity contribution < 1.29 is 4.79 Å². The van der Waals surface area contributed by atoms with Gasteiger partial charge in [0.2, 0.25) is 5.91 Å². The van der Waals surface area contributed by atoms with Gasteiger partial charge in [-0.05, 0) is 68.2 Å². The third-order valence-corrected chi connectivity index (χ3v) is 4.86. The molecule has 1 aliphatic heterocycles. The van der Waals surface area contributed by atoms with Gasteiger partial charge in [-0.25, -0.2) is 0 Å². The lowest BCUT2D eigenvalue weighted by atomic mass is 10.0. The lowest BCUT2D eigenvalue weighted by Crippen LogP contribution is -2.35. The molecule has 3 nitrogen and oxygen atoms in total. The Labute approximate surface area is 152 Å². The first kappa shape index (κ1) is 17.3. The van der Waals surface area contributed by atoms with Crippen molar-refractivity contribution in [3.05, 3.63) is 63.6 Å². The number of nitrogens with zero attached hydrogens (tertiary/aromatic N) is 1. The fourth-order valence-electron chi connectivity index (χ4n) is 3.16. The molecule has 2 aromatic rings. The van der Waals surface area contributed by atoms with Crippen molar-refractivity contribution in [2.45, 2.75) is 25.8 Å². The molecule has 0 aromatic heterocycles. The number of hydrogen-bond donors (Lipinski definition) is 1. The summed E-state index contributed by atoms with van der Waals surface area (Å²) in [6.45, 7) is 3.79. The van der Waals surface area contributed by atoms with Crippen LogP contribution in [0.2, 0.25) is 10.0 Å². The lowest BCUT2D eigenvalue weighted by molar-refractivity contribution is -0.121. The smallest absolute Gasteiger partial charge is 0.246 e. The molecule has 1 saturated heterocycles. The summed E-state index contributed by atoms with van der Waals surface area (Å²) < 4.78 is 0. The number of carbonyl (C=O) groups is 1. The van der Waals surface area contributed by atoms with Crippen LogP contribution in [0.4, 0.5) is 5.69 Å². The summed E-state index contributed by atoms with van der Waals surface area (Å²) in [4.78, 5) is 15.2. The number of anilines is 1. The Bertz CT molecular complexity index is 742. The summed E-state index contributed by atoms with van der Waals surface area (Å²) in [5.74, 6) is -0.0632. The highest BCUT2D eigenvalue weighted by Crippen LogP contribution is 2.33. The molecule has 1 atom stereocenters. The Morgan fingerprint density at radius 1 is 1.12 bits per heavy atom. The van der Waals surface area contributed by atoms with E-state index in [1.165, 1.54) is 0 Å². The Balaban J connectivity index is 1.90. The van der Waals surface area contributed by atoms with E-state index < -0.39 is 6.04 Å². The molecule has 1 fully saturated rings. The molecule has 0 saturated carbocycles. The number of nitrogens with one attached hydrogen (secondary N) is 1. The standard InChI is InChI=1S/C19H20Cl2N2O/c1-13-5-4-6-15(11-13)22-19(24)18(23-9-2-3-10-23)16-8-7-14(20)12-17(16)21/h4-8,11-12,18H,2-3,9-10H2,1H3,(H,22,24)/t18-/m0/s1. The van der Waals surface area contributed by atoms with Crippen molar-refractivity contribution in [1.29, 1.82) is 0 Å². The first-order valence-electron chi connectivity index (χ1n) is 8.11. The van der Waals surface area contributed by atoms with E-state index in [2.05, 4.69) is 10.2 Å². The van der Waals surface area contributed by atoms with Crippen LogP contribution in [-0.2, 0) is 4.79 Å². The maximum atomic E-state index is 13.0. The minimum absolute atomic E-state index is 0.0632. The number of amides is 1. The second-order valence-corrected chi connectivity index (χ2v) is 7.01. The summed E-state index contributed by atoms with van der Waals surface area (Å²) >= 11 is 12.4. The van der Waals surface area contributed by atoms with Crippen LogP contribution >= 0.6 is 23.2 Å². The number of likely N-dealkylation sites (tertiary alicyclic amines) is 1. The lowest BCUT2D eigenvalue weighted by Gasteiger charge is -2.27. The van der Waals surface area contributed by atoms with Gasteiger partial charge >= 0.3 is 0 Å². The first-order chi connectivity index (χ1) is 11.5. The van der Waals surface area contributed by atoms with Gasteiger partial charge in [0.05, 0.1) is 0 Å². The number of aryl methyl sites for hydroxylation is 1. The minimum atomic E-state index is -0.405. The summed E-state index contributed by atoms with van der Waals surface area (Å²) in [7, 11) is 0. The zero-order valence-electron chi connectivity index (χ0n) is 13.6. The van der Waals surface area contributed by atoms with E-state index in [-0.39, 0.29) is 5.91 Å². The second-order valence-electron chi connectivity index (χ2n) is 6.17. The molecule has 1 heterocycles. The van der Waals surface area contributed by atoms with Crippen LogP contribution < -0.4 is 5.32 Å². The van der Waals surface area contributed by atoms with E-state index in [0.717, 1.165) is 42.7 Å². The monoisotopic (exact) mass is 362 g/mol. The molecule has 0 bridgehead atoms.